The van der Waals surface area contributed by atoms with Crippen molar-refractivity contribution in [2.24, 2.45) is 11.3 Å². The van der Waals surface area contributed by atoms with E-state index < -0.39 is 0 Å². The summed E-state index contributed by atoms with van der Waals surface area (Å²) < 4.78 is 0. The van der Waals surface area contributed by atoms with E-state index in [9.17, 15) is 5.26 Å². The minimum Gasteiger partial charge on any atom is -0.296 e. The molecular formula is C14H24N2. The molecule has 0 amide bonds. The first-order valence-electron chi connectivity index (χ1n) is 6.67. The fraction of sp³-hybridized carbons (Fsp3) is 0.929. The largest absolute Gasteiger partial charge is 0.296 e. The molecular weight excluding hydrogens is 196 g/mol. The van der Waals surface area contributed by atoms with E-state index in [1.54, 1.807) is 0 Å². The molecule has 0 aliphatic heterocycles. The summed E-state index contributed by atoms with van der Waals surface area (Å²) in [7, 11) is 0. The molecule has 0 aromatic carbocycles. The molecule has 90 valence electrons. The van der Waals surface area contributed by atoms with Crippen molar-refractivity contribution in [2.75, 3.05) is 0 Å². The fourth-order valence-corrected chi connectivity index (χ4v) is 3.28. The second kappa shape index (κ2) is 4.04. The maximum Gasteiger partial charge on any atom is 0.110 e. The normalized spacial score (nSPS) is 35.8. The molecule has 2 aliphatic rings. The Bertz CT molecular complexity index is 293. The molecule has 0 saturated heterocycles. The van der Waals surface area contributed by atoms with Crippen molar-refractivity contribution >= 4 is 0 Å². The second-order valence-corrected chi connectivity index (χ2v) is 6.67. The average Bonchev–Trinajstić information content (AvgIpc) is 3.00. The van der Waals surface area contributed by atoms with Crippen molar-refractivity contribution in [2.45, 2.75) is 70.9 Å². The molecule has 1 N–H and O–H groups in total. The van der Waals surface area contributed by atoms with Crippen LogP contribution in [0.1, 0.15) is 59.3 Å². The van der Waals surface area contributed by atoms with Gasteiger partial charge in [-0.1, -0.05) is 33.6 Å². The first-order valence-corrected chi connectivity index (χ1v) is 6.67. The summed E-state index contributed by atoms with van der Waals surface area (Å²) in [4.78, 5) is 0. The molecule has 0 aromatic heterocycles. The van der Waals surface area contributed by atoms with Gasteiger partial charge in [0.15, 0.2) is 0 Å². The summed E-state index contributed by atoms with van der Waals surface area (Å²) in [6.07, 6.45) is 7.27. The van der Waals surface area contributed by atoms with Crippen molar-refractivity contribution in [3.05, 3.63) is 0 Å². The lowest BCUT2D eigenvalue weighted by Gasteiger charge is -2.46. The number of nitriles is 1. The Morgan fingerprint density at radius 3 is 2.38 bits per heavy atom. The van der Waals surface area contributed by atoms with Crippen LogP contribution in [0, 0.1) is 22.7 Å². The van der Waals surface area contributed by atoms with Gasteiger partial charge in [0.2, 0.25) is 0 Å². The number of nitrogens with one attached hydrogen (secondary N) is 1. The number of hydrogen-bond donors (Lipinski definition) is 1. The Morgan fingerprint density at radius 1 is 1.19 bits per heavy atom. The zero-order chi connectivity index (χ0) is 11.8. The van der Waals surface area contributed by atoms with E-state index in [0.29, 0.717) is 12.0 Å². The highest BCUT2D eigenvalue weighted by Crippen LogP contribution is 2.45. The Kier molecular flexibility index (Phi) is 3.01. The van der Waals surface area contributed by atoms with Crippen LogP contribution in [0.4, 0.5) is 0 Å². The average molecular weight is 220 g/mol. The molecule has 0 radical (unpaired) electrons. The van der Waals surface area contributed by atoms with Crippen LogP contribution in [0.3, 0.4) is 0 Å². The number of rotatable bonds is 2. The minimum atomic E-state index is -0.238. The lowest BCUT2D eigenvalue weighted by Crippen LogP contribution is -2.56. The van der Waals surface area contributed by atoms with E-state index in [1.165, 1.54) is 32.1 Å². The monoisotopic (exact) mass is 220 g/mol. The highest BCUT2D eigenvalue weighted by Gasteiger charge is 2.48. The molecule has 0 bridgehead atoms. The SMILES string of the molecule is CC(C)(C)C1CCCCC1(C#N)NC1CC1. The maximum absolute atomic E-state index is 9.64. The molecule has 2 aliphatic carbocycles. The van der Waals surface area contributed by atoms with Gasteiger partial charge in [-0.2, -0.15) is 5.26 Å². The van der Waals surface area contributed by atoms with Crippen LogP contribution in [0.25, 0.3) is 0 Å². The first-order chi connectivity index (χ1) is 7.48. The van der Waals surface area contributed by atoms with Crippen molar-refractivity contribution < 1.29 is 0 Å². The van der Waals surface area contributed by atoms with E-state index in [4.69, 9.17) is 0 Å². The summed E-state index contributed by atoms with van der Waals surface area (Å²) in [6, 6.07) is 3.26. The lowest BCUT2D eigenvalue weighted by molar-refractivity contribution is 0.0867. The van der Waals surface area contributed by atoms with Gasteiger partial charge in [0.1, 0.15) is 5.54 Å². The molecule has 2 unspecified atom stereocenters. The van der Waals surface area contributed by atoms with Gasteiger partial charge in [-0.25, -0.2) is 0 Å². The predicted molar refractivity (Wildman–Crippen MR) is 65.9 cm³/mol. The second-order valence-electron chi connectivity index (χ2n) is 6.67. The van der Waals surface area contributed by atoms with E-state index in [-0.39, 0.29) is 11.0 Å². The Morgan fingerprint density at radius 2 is 1.88 bits per heavy atom. The van der Waals surface area contributed by atoms with Crippen LogP contribution in [0.2, 0.25) is 0 Å². The molecule has 2 heteroatoms. The van der Waals surface area contributed by atoms with Gasteiger partial charge in [0.25, 0.3) is 0 Å². The zero-order valence-electron chi connectivity index (χ0n) is 10.8. The molecule has 16 heavy (non-hydrogen) atoms. The van der Waals surface area contributed by atoms with Crippen molar-refractivity contribution in [1.29, 1.82) is 5.26 Å². The third kappa shape index (κ3) is 2.25. The summed E-state index contributed by atoms with van der Waals surface area (Å²) in [5, 5.41) is 13.3. The Hall–Kier alpha value is -0.550. The van der Waals surface area contributed by atoms with Crippen molar-refractivity contribution in [1.82, 2.24) is 5.32 Å². The van der Waals surface area contributed by atoms with Crippen molar-refractivity contribution in [3.8, 4) is 6.07 Å². The van der Waals surface area contributed by atoms with Gasteiger partial charge in [-0.3, -0.25) is 5.32 Å². The number of hydrogen-bond acceptors (Lipinski definition) is 2. The minimum absolute atomic E-state index is 0.234. The molecule has 2 saturated carbocycles. The summed E-state index contributed by atoms with van der Waals surface area (Å²) in [6.45, 7) is 6.84. The lowest BCUT2D eigenvalue weighted by atomic mass is 9.62. The van der Waals surface area contributed by atoms with Crippen molar-refractivity contribution in [3.63, 3.8) is 0 Å². The smallest absolute Gasteiger partial charge is 0.110 e. The summed E-state index contributed by atoms with van der Waals surface area (Å²) in [5.41, 5.74) is -0.00426. The van der Waals surface area contributed by atoms with Gasteiger partial charge in [-0.05, 0) is 37.0 Å². The van der Waals surface area contributed by atoms with Gasteiger partial charge >= 0.3 is 0 Å². The van der Waals surface area contributed by atoms with Gasteiger partial charge in [0.05, 0.1) is 6.07 Å². The molecule has 0 aromatic rings. The molecule has 2 atom stereocenters. The highest BCUT2D eigenvalue weighted by molar-refractivity contribution is 5.16. The predicted octanol–water partition coefficient (Wildman–Crippen LogP) is 3.24. The fourth-order valence-electron chi connectivity index (χ4n) is 3.28. The summed E-state index contributed by atoms with van der Waals surface area (Å²) >= 11 is 0. The molecule has 0 spiro atoms. The van der Waals surface area contributed by atoms with Crippen LogP contribution in [0.15, 0.2) is 0 Å². The quantitative estimate of drug-likeness (QED) is 0.775. The van der Waals surface area contributed by atoms with Crippen LogP contribution in [-0.4, -0.2) is 11.6 Å². The van der Waals surface area contributed by atoms with Gasteiger partial charge < -0.3 is 0 Å². The van der Waals surface area contributed by atoms with Crippen LogP contribution in [0.5, 0.6) is 0 Å². The topological polar surface area (TPSA) is 35.8 Å². The Labute approximate surface area is 99.4 Å². The van der Waals surface area contributed by atoms with Crippen LogP contribution in [-0.2, 0) is 0 Å². The standard InChI is InChI=1S/C14H24N2/c1-13(2,3)12-6-4-5-9-14(12,10-15)16-11-7-8-11/h11-12,16H,4-9H2,1-3H3. The van der Waals surface area contributed by atoms with E-state index in [1.807, 2.05) is 0 Å². The van der Waals surface area contributed by atoms with E-state index >= 15 is 0 Å². The van der Waals surface area contributed by atoms with Crippen LogP contribution >= 0.6 is 0 Å². The Balaban J connectivity index is 2.20. The van der Waals surface area contributed by atoms with E-state index in [0.717, 1.165) is 6.42 Å². The van der Waals surface area contributed by atoms with Gasteiger partial charge in [-0.15, -0.1) is 0 Å². The third-order valence-corrected chi connectivity index (χ3v) is 4.19. The molecule has 2 nitrogen and oxygen atoms in total. The third-order valence-electron chi connectivity index (χ3n) is 4.19. The van der Waals surface area contributed by atoms with Crippen LogP contribution < -0.4 is 5.32 Å². The van der Waals surface area contributed by atoms with Gasteiger partial charge in [0, 0.05) is 6.04 Å². The molecule has 2 rings (SSSR count). The zero-order valence-corrected chi connectivity index (χ0v) is 10.8. The molecule has 0 heterocycles. The maximum atomic E-state index is 9.64. The first kappa shape index (κ1) is 11.9. The highest BCUT2D eigenvalue weighted by atomic mass is 15.1. The van der Waals surface area contributed by atoms with E-state index in [2.05, 4.69) is 32.2 Å². The summed E-state index contributed by atoms with van der Waals surface area (Å²) in [5.74, 6) is 0.499. The molecule has 2 fully saturated rings. The number of nitrogens with zero attached hydrogens (tertiary/aromatic N) is 1.